The van der Waals surface area contributed by atoms with Gasteiger partial charge in [-0.2, -0.15) is 5.26 Å². The largest absolute Gasteiger partial charge is 0.310 e. The van der Waals surface area contributed by atoms with Crippen molar-refractivity contribution in [2.75, 3.05) is 6.54 Å². The summed E-state index contributed by atoms with van der Waals surface area (Å²) in [5.41, 5.74) is 1.94. The lowest BCUT2D eigenvalue weighted by Gasteiger charge is -2.14. The van der Waals surface area contributed by atoms with E-state index in [0.29, 0.717) is 6.04 Å². The van der Waals surface area contributed by atoms with Crippen LogP contribution in [0.5, 0.6) is 0 Å². The van der Waals surface area contributed by atoms with Crippen LogP contribution in [0.3, 0.4) is 0 Å². The highest BCUT2D eigenvalue weighted by molar-refractivity contribution is 5.33. The van der Waals surface area contributed by atoms with Crippen molar-refractivity contribution in [1.82, 2.24) is 5.32 Å². The minimum Gasteiger partial charge on any atom is -0.310 e. The van der Waals surface area contributed by atoms with Crippen LogP contribution in [-0.2, 0) is 0 Å². The van der Waals surface area contributed by atoms with Crippen molar-refractivity contribution in [3.8, 4) is 6.07 Å². The van der Waals surface area contributed by atoms with Gasteiger partial charge >= 0.3 is 0 Å². The second-order valence-corrected chi connectivity index (χ2v) is 5.18. The zero-order valence-corrected chi connectivity index (χ0v) is 12.3. The first-order chi connectivity index (χ1) is 9.27. The molecule has 2 nitrogen and oxygen atoms in total. The maximum Gasteiger partial charge on any atom is 0.0991 e. The van der Waals surface area contributed by atoms with Gasteiger partial charge in [0.05, 0.1) is 11.6 Å². The molecule has 1 unspecified atom stereocenters. The highest BCUT2D eigenvalue weighted by Crippen LogP contribution is 2.14. The number of nitriles is 1. The Kier molecular flexibility index (Phi) is 7.93. The molecule has 19 heavy (non-hydrogen) atoms. The Balaban J connectivity index is 2.20. The molecule has 0 aromatic heterocycles. The van der Waals surface area contributed by atoms with E-state index in [2.05, 4.69) is 31.3 Å². The monoisotopic (exact) mass is 258 g/mol. The second kappa shape index (κ2) is 9.58. The molecule has 0 amide bonds. The molecule has 0 saturated heterocycles. The SMILES string of the molecule is CCCCCCCCNC(C)c1cccc(C#N)c1. The summed E-state index contributed by atoms with van der Waals surface area (Å²) in [5.74, 6) is 0. The Labute approximate surface area is 117 Å². The van der Waals surface area contributed by atoms with Gasteiger partial charge in [-0.25, -0.2) is 0 Å². The number of hydrogen-bond donors (Lipinski definition) is 1. The molecule has 0 aliphatic heterocycles. The van der Waals surface area contributed by atoms with Gasteiger partial charge in [-0.3, -0.25) is 0 Å². The normalized spacial score (nSPS) is 12.1. The van der Waals surface area contributed by atoms with Crippen LogP contribution in [0.4, 0.5) is 0 Å². The third kappa shape index (κ3) is 6.40. The summed E-state index contributed by atoms with van der Waals surface area (Å²) in [4.78, 5) is 0. The minimum atomic E-state index is 0.323. The molecular weight excluding hydrogens is 232 g/mol. The molecule has 0 radical (unpaired) electrons. The molecule has 1 aromatic rings. The number of unbranched alkanes of at least 4 members (excludes halogenated alkanes) is 5. The van der Waals surface area contributed by atoms with Crippen LogP contribution in [0, 0.1) is 11.3 Å². The number of benzene rings is 1. The minimum absolute atomic E-state index is 0.323. The van der Waals surface area contributed by atoms with E-state index in [1.165, 1.54) is 44.1 Å². The van der Waals surface area contributed by atoms with Crippen LogP contribution in [0.2, 0.25) is 0 Å². The van der Waals surface area contributed by atoms with Gasteiger partial charge in [-0.1, -0.05) is 51.2 Å². The van der Waals surface area contributed by atoms with Gasteiger partial charge in [0, 0.05) is 6.04 Å². The number of rotatable bonds is 9. The summed E-state index contributed by atoms with van der Waals surface area (Å²) in [7, 11) is 0. The lowest BCUT2D eigenvalue weighted by Crippen LogP contribution is -2.19. The van der Waals surface area contributed by atoms with Crippen LogP contribution in [0.1, 0.15) is 69.5 Å². The van der Waals surface area contributed by atoms with Gasteiger partial charge in [-0.15, -0.1) is 0 Å². The molecule has 0 aliphatic rings. The maximum absolute atomic E-state index is 8.89. The summed E-state index contributed by atoms with van der Waals surface area (Å²) >= 11 is 0. The van der Waals surface area contributed by atoms with Crippen molar-refractivity contribution < 1.29 is 0 Å². The molecule has 2 heteroatoms. The Morgan fingerprint density at radius 3 is 2.63 bits per heavy atom. The molecule has 1 N–H and O–H groups in total. The molecule has 104 valence electrons. The summed E-state index contributed by atoms with van der Waals surface area (Å²) < 4.78 is 0. The molecule has 1 atom stereocenters. The van der Waals surface area contributed by atoms with Gasteiger partial charge in [0.15, 0.2) is 0 Å². The third-order valence-electron chi connectivity index (χ3n) is 3.50. The van der Waals surface area contributed by atoms with E-state index in [1.807, 2.05) is 18.2 Å². The van der Waals surface area contributed by atoms with E-state index in [0.717, 1.165) is 12.1 Å². The van der Waals surface area contributed by atoms with E-state index < -0.39 is 0 Å². The van der Waals surface area contributed by atoms with Crippen molar-refractivity contribution in [2.45, 2.75) is 58.4 Å². The first kappa shape index (κ1) is 15.7. The average Bonchev–Trinajstić information content (AvgIpc) is 2.46. The molecule has 0 fully saturated rings. The molecule has 1 aromatic carbocycles. The maximum atomic E-state index is 8.89. The van der Waals surface area contributed by atoms with E-state index in [9.17, 15) is 0 Å². The Bertz CT molecular complexity index is 392. The van der Waals surface area contributed by atoms with Crippen molar-refractivity contribution >= 4 is 0 Å². The second-order valence-electron chi connectivity index (χ2n) is 5.18. The highest BCUT2D eigenvalue weighted by Gasteiger charge is 2.04. The van der Waals surface area contributed by atoms with Crippen LogP contribution in [0.25, 0.3) is 0 Å². The number of nitrogens with zero attached hydrogens (tertiary/aromatic N) is 1. The summed E-state index contributed by atoms with van der Waals surface area (Å²) in [6.45, 7) is 5.47. The smallest absolute Gasteiger partial charge is 0.0991 e. The van der Waals surface area contributed by atoms with Gasteiger partial charge in [0.1, 0.15) is 0 Å². The molecular formula is C17H26N2. The van der Waals surface area contributed by atoms with Crippen LogP contribution in [-0.4, -0.2) is 6.54 Å². The first-order valence-electron chi connectivity index (χ1n) is 7.51. The zero-order valence-electron chi connectivity index (χ0n) is 12.3. The average molecular weight is 258 g/mol. The lowest BCUT2D eigenvalue weighted by molar-refractivity contribution is 0.527. The fraction of sp³-hybridized carbons (Fsp3) is 0.588. The fourth-order valence-corrected chi connectivity index (χ4v) is 2.22. The van der Waals surface area contributed by atoms with Gasteiger partial charge < -0.3 is 5.32 Å². The standard InChI is InChI=1S/C17H26N2/c1-3-4-5-6-7-8-12-19-15(2)17-11-9-10-16(13-17)14-18/h9-11,13,15,19H,3-8,12H2,1-2H3. The van der Waals surface area contributed by atoms with Crippen LogP contribution < -0.4 is 5.32 Å². The van der Waals surface area contributed by atoms with Crippen molar-refractivity contribution in [1.29, 1.82) is 5.26 Å². The van der Waals surface area contributed by atoms with Gasteiger partial charge in [0.2, 0.25) is 0 Å². The van der Waals surface area contributed by atoms with Crippen molar-refractivity contribution in [3.05, 3.63) is 35.4 Å². The molecule has 0 spiro atoms. The molecule has 0 heterocycles. The Morgan fingerprint density at radius 2 is 1.89 bits per heavy atom. The lowest BCUT2D eigenvalue weighted by atomic mass is 10.1. The Morgan fingerprint density at radius 1 is 1.16 bits per heavy atom. The molecule has 0 saturated carbocycles. The summed E-state index contributed by atoms with van der Waals surface area (Å²) in [6.07, 6.45) is 7.96. The number of hydrogen-bond acceptors (Lipinski definition) is 2. The van der Waals surface area contributed by atoms with Crippen LogP contribution in [0.15, 0.2) is 24.3 Å². The van der Waals surface area contributed by atoms with Crippen molar-refractivity contribution in [2.24, 2.45) is 0 Å². The van der Waals surface area contributed by atoms with E-state index in [4.69, 9.17) is 5.26 Å². The molecule has 0 aliphatic carbocycles. The number of nitrogens with one attached hydrogen (secondary N) is 1. The van der Waals surface area contributed by atoms with Crippen LogP contribution >= 0.6 is 0 Å². The molecule has 0 bridgehead atoms. The van der Waals surface area contributed by atoms with E-state index in [-0.39, 0.29) is 0 Å². The topological polar surface area (TPSA) is 35.8 Å². The predicted molar refractivity (Wildman–Crippen MR) is 81.0 cm³/mol. The third-order valence-corrected chi connectivity index (χ3v) is 3.50. The van der Waals surface area contributed by atoms with E-state index in [1.54, 1.807) is 0 Å². The zero-order chi connectivity index (χ0) is 13.9. The van der Waals surface area contributed by atoms with Gasteiger partial charge in [-0.05, 0) is 37.6 Å². The van der Waals surface area contributed by atoms with E-state index >= 15 is 0 Å². The highest BCUT2D eigenvalue weighted by atomic mass is 14.9. The molecule has 1 rings (SSSR count). The quantitative estimate of drug-likeness (QED) is 0.659. The first-order valence-corrected chi connectivity index (χ1v) is 7.51. The Hall–Kier alpha value is -1.33. The summed E-state index contributed by atoms with van der Waals surface area (Å²) in [5, 5.41) is 12.4. The van der Waals surface area contributed by atoms with Crippen molar-refractivity contribution in [3.63, 3.8) is 0 Å². The summed E-state index contributed by atoms with van der Waals surface area (Å²) in [6, 6.07) is 10.4. The fourth-order valence-electron chi connectivity index (χ4n) is 2.22. The van der Waals surface area contributed by atoms with Gasteiger partial charge in [0.25, 0.3) is 0 Å². The predicted octanol–water partition coefficient (Wildman–Crippen LogP) is 4.57.